The summed E-state index contributed by atoms with van der Waals surface area (Å²) in [6.45, 7) is 3.54. The number of aromatic nitrogens is 4. The fourth-order valence-electron chi connectivity index (χ4n) is 1.99. The van der Waals surface area contributed by atoms with E-state index in [2.05, 4.69) is 15.5 Å². The summed E-state index contributed by atoms with van der Waals surface area (Å²) >= 11 is 0. The van der Waals surface area contributed by atoms with Crippen molar-refractivity contribution in [3.8, 4) is 0 Å². The van der Waals surface area contributed by atoms with Gasteiger partial charge in [0.05, 0.1) is 11.4 Å². The van der Waals surface area contributed by atoms with E-state index in [-0.39, 0.29) is 6.54 Å². The number of aryl methyl sites for hydroxylation is 2. The summed E-state index contributed by atoms with van der Waals surface area (Å²) in [6, 6.07) is 2.93. The van der Waals surface area contributed by atoms with Crippen molar-refractivity contribution >= 4 is 0 Å². The Kier molecular flexibility index (Phi) is 4.12. The molecule has 8 heteroatoms. The molecule has 0 aromatic carbocycles. The third kappa shape index (κ3) is 3.19. The van der Waals surface area contributed by atoms with Crippen LogP contribution in [-0.4, -0.2) is 19.6 Å². The van der Waals surface area contributed by atoms with E-state index in [4.69, 9.17) is 0 Å². The lowest BCUT2D eigenvalue weighted by atomic mass is 10.3. The molecule has 2 rings (SSSR count). The van der Waals surface area contributed by atoms with Gasteiger partial charge < -0.3 is 5.32 Å². The SMILES string of the molecule is CCn1nccc1CNCc1cc(C(F)(F)F)n(C)n1. The Bertz CT molecular complexity index is 570. The number of hydrogen-bond acceptors (Lipinski definition) is 3. The van der Waals surface area contributed by atoms with Crippen molar-refractivity contribution in [1.29, 1.82) is 0 Å². The second kappa shape index (κ2) is 5.66. The predicted molar refractivity (Wildman–Crippen MR) is 66.7 cm³/mol. The highest BCUT2D eigenvalue weighted by atomic mass is 19.4. The lowest BCUT2D eigenvalue weighted by Crippen LogP contribution is -2.16. The summed E-state index contributed by atoms with van der Waals surface area (Å²) in [6.07, 6.45) is -2.68. The summed E-state index contributed by atoms with van der Waals surface area (Å²) in [5.74, 6) is 0. The maximum Gasteiger partial charge on any atom is 0.433 e. The van der Waals surface area contributed by atoms with Crippen LogP contribution in [0.25, 0.3) is 0 Å². The molecule has 2 aromatic rings. The molecule has 0 aliphatic rings. The van der Waals surface area contributed by atoms with E-state index < -0.39 is 11.9 Å². The summed E-state index contributed by atoms with van der Waals surface area (Å²) in [5.41, 5.74) is 0.606. The number of nitrogens with zero attached hydrogens (tertiary/aromatic N) is 4. The van der Waals surface area contributed by atoms with Crippen LogP contribution in [-0.2, 0) is 32.9 Å². The molecule has 0 atom stereocenters. The van der Waals surface area contributed by atoms with Crippen molar-refractivity contribution in [2.45, 2.75) is 32.7 Å². The molecule has 0 unspecified atom stereocenters. The molecule has 0 saturated carbocycles. The first-order chi connectivity index (χ1) is 9.41. The Morgan fingerprint density at radius 1 is 1.30 bits per heavy atom. The zero-order valence-corrected chi connectivity index (χ0v) is 11.3. The molecule has 0 amide bonds. The van der Waals surface area contributed by atoms with E-state index in [1.807, 2.05) is 17.7 Å². The van der Waals surface area contributed by atoms with Gasteiger partial charge in [0.2, 0.25) is 0 Å². The van der Waals surface area contributed by atoms with Gasteiger partial charge in [0.1, 0.15) is 5.69 Å². The minimum Gasteiger partial charge on any atom is -0.305 e. The highest BCUT2D eigenvalue weighted by Gasteiger charge is 2.34. The van der Waals surface area contributed by atoms with Gasteiger partial charge in [-0.25, -0.2) is 0 Å². The Morgan fingerprint density at radius 3 is 2.65 bits per heavy atom. The van der Waals surface area contributed by atoms with Crippen molar-refractivity contribution in [1.82, 2.24) is 24.9 Å². The molecule has 0 fully saturated rings. The van der Waals surface area contributed by atoms with E-state index >= 15 is 0 Å². The maximum absolute atomic E-state index is 12.6. The van der Waals surface area contributed by atoms with E-state index in [1.54, 1.807) is 6.20 Å². The molecule has 2 heterocycles. The fourth-order valence-corrected chi connectivity index (χ4v) is 1.99. The number of halogens is 3. The monoisotopic (exact) mass is 287 g/mol. The Balaban J connectivity index is 1.95. The molecule has 0 saturated heterocycles. The highest BCUT2D eigenvalue weighted by Crippen LogP contribution is 2.29. The van der Waals surface area contributed by atoms with Gasteiger partial charge in [0.15, 0.2) is 0 Å². The van der Waals surface area contributed by atoms with Crippen molar-refractivity contribution in [2.75, 3.05) is 0 Å². The lowest BCUT2D eigenvalue weighted by molar-refractivity contribution is -0.143. The van der Waals surface area contributed by atoms with Crippen LogP contribution in [0.15, 0.2) is 18.3 Å². The van der Waals surface area contributed by atoms with Crippen molar-refractivity contribution in [3.05, 3.63) is 35.4 Å². The summed E-state index contributed by atoms with van der Waals surface area (Å²) < 4.78 is 40.5. The number of alkyl halides is 3. The normalized spacial score (nSPS) is 12.1. The molecule has 110 valence electrons. The van der Waals surface area contributed by atoms with Gasteiger partial charge in [0.25, 0.3) is 0 Å². The first-order valence-electron chi connectivity index (χ1n) is 6.23. The molecule has 0 aliphatic heterocycles. The van der Waals surface area contributed by atoms with Gasteiger partial charge in [-0.1, -0.05) is 0 Å². The van der Waals surface area contributed by atoms with Crippen LogP contribution in [0.3, 0.4) is 0 Å². The van der Waals surface area contributed by atoms with Gasteiger partial charge in [-0.3, -0.25) is 9.36 Å². The Morgan fingerprint density at radius 2 is 2.05 bits per heavy atom. The van der Waals surface area contributed by atoms with Gasteiger partial charge in [-0.15, -0.1) is 0 Å². The standard InChI is InChI=1S/C12H16F3N5/c1-3-20-10(4-5-17-20)8-16-7-9-6-11(12(13,14)15)19(2)18-9/h4-6,16H,3,7-8H2,1-2H3. The summed E-state index contributed by atoms with van der Waals surface area (Å²) in [7, 11) is 1.29. The number of hydrogen-bond donors (Lipinski definition) is 1. The van der Waals surface area contributed by atoms with Crippen LogP contribution in [0, 0.1) is 0 Å². The maximum atomic E-state index is 12.6. The van der Waals surface area contributed by atoms with Crippen LogP contribution >= 0.6 is 0 Å². The lowest BCUT2D eigenvalue weighted by Gasteiger charge is -2.05. The van der Waals surface area contributed by atoms with Crippen molar-refractivity contribution in [2.24, 2.45) is 7.05 Å². The van der Waals surface area contributed by atoms with Crippen molar-refractivity contribution in [3.63, 3.8) is 0 Å². The zero-order valence-electron chi connectivity index (χ0n) is 11.3. The average Bonchev–Trinajstić information content (AvgIpc) is 2.95. The zero-order chi connectivity index (χ0) is 14.8. The third-order valence-corrected chi connectivity index (χ3v) is 2.94. The van der Waals surface area contributed by atoms with Crippen LogP contribution in [0.2, 0.25) is 0 Å². The van der Waals surface area contributed by atoms with Gasteiger partial charge in [-0.2, -0.15) is 23.4 Å². The topological polar surface area (TPSA) is 47.7 Å². The average molecular weight is 287 g/mol. The molecule has 20 heavy (non-hydrogen) atoms. The van der Waals surface area contributed by atoms with E-state index in [0.29, 0.717) is 12.2 Å². The molecule has 0 radical (unpaired) electrons. The predicted octanol–water partition coefficient (Wildman–Crippen LogP) is 1.95. The van der Waals surface area contributed by atoms with Crippen LogP contribution in [0.5, 0.6) is 0 Å². The first kappa shape index (κ1) is 14.6. The minimum atomic E-state index is -4.37. The van der Waals surface area contributed by atoms with E-state index in [0.717, 1.165) is 23.0 Å². The molecule has 0 spiro atoms. The molecule has 0 aliphatic carbocycles. The van der Waals surface area contributed by atoms with Gasteiger partial charge in [-0.05, 0) is 19.1 Å². The quantitative estimate of drug-likeness (QED) is 0.914. The molecule has 1 N–H and O–H groups in total. The highest BCUT2D eigenvalue weighted by molar-refractivity contribution is 5.13. The molecule has 2 aromatic heterocycles. The summed E-state index contributed by atoms with van der Waals surface area (Å²) in [5, 5.41) is 11.0. The molecule has 0 bridgehead atoms. The van der Waals surface area contributed by atoms with Crippen LogP contribution in [0.1, 0.15) is 24.0 Å². The first-order valence-corrected chi connectivity index (χ1v) is 6.23. The molecule has 5 nitrogen and oxygen atoms in total. The van der Waals surface area contributed by atoms with E-state index in [9.17, 15) is 13.2 Å². The third-order valence-electron chi connectivity index (χ3n) is 2.94. The fraction of sp³-hybridized carbons (Fsp3) is 0.500. The van der Waals surface area contributed by atoms with Crippen molar-refractivity contribution < 1.29 is 13.2 Å². The summed E-state index contributed by atoms with van der Waals surface area (Å²) in [4.78, 5) is 0. The smallest absolute Gasteiger partial charge is 0.305 e. The van der Waals surface area contributed by atoms with Crippen LogP contribution < -0.4 is 5.32 Å². The molecular formula is C12H16F3N5. The van der Waals surface area contributed by atoms with E-state index in [1.165, 1.54) is 7.05 Å². The second-order valence-corrected chi connectivity index (χ2v) is 4.38. The largest absolute Gasteiger partial charge is 0.433 e. The van der Waals surface area contributed by atoms with Gasteiger partial charge >= 0.3 is 6.18 Å². The number of nitrogens with one attached hydrogen (secondary N) is 1. The van der Waals surface area contributed by atoms with Crippen LogP contribution in [0.4, 0.5) is 13.2 Å². The Hall–Kier alpha value is -1.83. The minimum absolute atomic E-state index is 0.277. The van der Waals surface area contributed by atoms with Gasteiger partial charge in [0, 0.05) is 32.9 Å². The molecular weight excluding hydrogens is 271 g/mol. The second-order valence-electron chi connectivity index (χ2n) is 4.38. The Labute approximate surface area is 114 Å². The number of rotatable bonds is 5.